The van der Waals surface area contributed by atoms with Crippen LogP contribution in [0.3, 0.4) is 0 Å². The van der Waals surface area contributed by atoms with E-state index in [1.807, 2.05) is 64.4 Å². The molecule has 0 bridgehead atoms. The van der Waals surface area contributed by atoms with Crippen molar-refractivity contribution in [3.8, 4) is 11.5 Å². The van der Waals surface area contributed by atoms with Crippen LogP contribution in [0.15, 0.2) is 72.4 Å². The van der Waals surface area contributed by atoms with Gasteiger partial charge in [-0.25, -0.2) is 4.39 Å². The molecule has 0 aliphatic carbocycles. The van der Waals surface area contributed by atoms with Crippen LogP contribution < -0.4 is 25.5 Å². The minimum atomic E-state index is -0.712. The number of benzene rings is 2. The Morgan fingerprint density at radius 3 is 2.69 bits per heavy atom. The van der Waals surface area contributed by atoms with Crippen LogP contribution in [0, 0.1) is 5.82 Å². The second kappa shape index (κ2) is 14.4. The predicted octanol–water partition coefficient (Wildman–Crippen LogP) is 6.14. The van der Waals surface area contributed by atoms with Crippen LogP contribution in [0.1, 0.15) is 44.0 Å². The van der Waals surface area contributed by atoms with E-state index in [-0.39, 0.29) is 12.4 Å². The minimum absolute atomic E-state index is 0.264. The molecule has 0 radical (unpaired) electrons. The van der Waals surface area contributed by atoms with E-state index < -0.39 is 5.79 Å². The van der Waals surface area contributed by atoms with E-state index >= 15 is 0 Å². The fraction of sp³-hybridized carbons (Fsp3) is 0.382. The third-order valence-electron chi connectivity index (χ3n) is 7.42. The standard InChI is InChI=1S/C34H42ClFN6O3/c1-6-15-42(17-14-37-4)16-12-25-20-26(11-13-38-25)39-30-21-29(27-19-24(35)8-9-28(27)36)40-41(5)33(30)43-22-23-7-10-31-32(18-23)45-34(2,3)44-31/h7-11,13,18-21,37,40H,6,12,14-17,22H2,1-5H3,(H,38,39). The molecule has 2 aliphatic heterocycles. The maximum Gasteiger partial charge on any atom is 0.246 e. The highest BCUT2D eigenvalue weighted by atomic mass is 35.5. The van der Waals surface area contributed by atoms with Crippen LogP contribution in [-0.2, 0) is 17.8 Å². The predicted molar refractivity (Wildman–Crippen MR) is 176 cm³/mol. The number of allylic oxidation sites excluding steroid dienone is 1. The van der Waals surface area contributed by atoms with Gasteiger partial charge >= 0.3 is 0 Å². The van der Waals surface area contributed by atoms with Gasteiger partial charge in [-0.1, -0.05) is 24.6 Å². The molecule has 3 aromatic rings. The molecule has 0 unspecified atom stereocenters. The lowest BCUT2D eigenvalue weighted by molar-refractivity contribution is -0.0431. The summed E-state index contributed by atoms with van der Waals surface area (Å²) in [4.78, 5) is 7.07. The third kappa shape index (κ3) is 8.39. The zero-order valence-electron chi connectivity index (χ0n) is 26.5. The molecule has 1 aromatic heterocycles. The second-order valence-corrected chi connectivity index (χ2v) is 12.0. The van der Waals surface area contributed by atoms with E-state index in [2.05, 4.69) is 32.9 Å². The van der Waals surface area contributed by atoms with Gasteiger partial charge in [0.05, 0.1) is 5.70 Å². The number of rotatable bonds is 14. The fourth-order valence-corrected chi connectivity index (χ4v) is 5.48. The number of pyridine rings is 1. The molecule has 9 nitrogen and oxygen atoms in total. The van der Waals surface area contributed by atoms with Gasteiger partial charge in [0.15, 0.2) is 11.5 Å². The first-order valence-corrected chi connectivity index (χ1v) is 15.7. The van der Waals surface area contributed by atoms with E-state index in [9.17, 15) is 4.39 Å². The van der Waals surface area contributed by atoms with E-state index in [4.69, 9.17) is 25.8 Å². The molecule has 3 N–H and O–H groups in total. The number of ether oxygens (including phenoxy) is 3. The summed E-state index contributed by atoms with van der Waals surface area (Å²) >= 11 is 6.24. The Hall–Kier alpha value is -3.99. The molecule has 0 atom stereocenters. The van der Waals surface area contributed by atoms with E-state index in [0.717, 1.165) is 56.0 Å². The molecule has 11 heteroatoms. The van der Waals surface area contributed by atoms with Gasteiger partial charge in [0.2, 0.25) is 11.7 Å². The van der Waals surface area contributed by atoms with Crippen LogP contribution in [0.25, 0.3) is 5.70 Å². The molecule has 45 heavy (non-hydrogen) atoms. The number of nitrogens with zero attached hydrogens (tertiary/aromatic N) is 3. The molecule has 2 aromatic carbocycles. The minimum Gasteiger partial charge on any atom is -0.472 e. The molecule has 0 fully saturated rings. The van der Waals surface area contributed by atoms with Gasteiger partial charge in [0.1, 0.15) is 18.1 Å². The number of hydrogen-bond donors (Lipinski definition) is 3. The molecular weight excluding hydrogens is 595 g/mol. The highest BCUT2D eigenvalue weighted by molar-refractivity contribution is 6.30. The van der Waals surface area contributed by atoms with Gasteiger partial charge in [-0.05, 0) is 74.1 Å². The summed E-state index contributed by atoms with van der Waals surface area (Å²) in [6.07, 6.45) is 5.55. The molecule has 3 heterocycles. The number of fused-ring (bicyclic) bond motifs is 1. The molecule has 0 amide bonds. The first-order chi connectivity index (χ1) is 21.6. The Labute approximate surface area is 270 Å². The van der Waals surface area contributed by atoms with Crippen molar-refractivity contribution in [3.63, 3.8) is 0 Å². The number of hydrogen-bond acceptors (Lipinski definition) is 9. The van der Waals surface area contributed by atoms with Gasteiger partial charge in [-0.2, -0.15) is 0 Å². The first-order valence-electron chi connectivity index (χ1n) is 15.3. The van der Waals surface area contributed by atoms with Crippen molar-refractivity contribution in [2.45, 2.75) is 46.0 Å². The number of aromatic nitrogens is 1. The van der Waals surface area contributed by atoms with Crippen LogP contribution in [-0.4, -0.2) is 61.0 Å². The number of hydrazine groups is 1. The van der Waals surface area contributed by atoms with Crippen molar-refractivity contribution < 1.29 is 18.6 Å². The highest BCUT2D eigenvalue weighted by Gasteiger charge is 2.32. The average Bonchev–Trinajstić information content (AvgIpc) is 3.32. The number of nitrogens with one attached hydrogen (secondary N) is 3. The molecule has 0 spiro atoms. The lowest BCUT2D eigenvalue weighted by atomic mass is 10.1. The summed E-state index contributed by atoms with van der Waals surface area (Å²) in [7, 11) is 3.79. The lowest BCUT2D eigenvalue weighted by Crippen LogP contribution is -2.38. The first kappa shape index (κ1) is 32.4. The molecule has 2 aliphatic rings. The zero-order chi connectivity index (χ0) is 32.0. The largest absolute Gasteiger partial charge is 0.472 e. The maximum absolute atomic E-state index is 14.9. The topological polar surface area (TPSA) is 83.2 Å². The van der Waals surface area contributed by atoms with Crippen molar-refractivity contribution in [3.05, 3.63) is 100 Å². The lowest BCUT2D eigenvalue weighted by Gasteiger charge is -2.32. The maximum atomic E-state index is 14.9. The normalized spacial score (nSPS) is 15.3. The van der Waals surface area contributed by atoms with Crippen molar-refractivity contribution >= 4 is 23.0 Å². The molecule has 240 valence electrons. The number of halogens is 2. The van der Waals surface area contributed by atoms with Gasteiger partial charge in [-0.15, -0.1) is 0 Å². The van der Waals surface area contributed by atoms with Crippen LogP contribution >= 0.6 is 11.6 Å². The van der Waals surface area contributed by atoms with Crippen molar-refractivity contribution in [2.24, 2.45) is 0 Å². The highest BCUT2D eigenvalue weighted by Crippen LogP contribution is 2.40. The quantitative estimate of drug-likeness (QED) is 0.193. The van der Waals surface area contributed by atoms with Gasteiger partial charge in [-0.3, -0.25) is 15.4 Å². The van der Waals surface area contributed by atoms with E-state index in [1.165, 1.54) is 12.1 Å². The summed E-state index contributed by atoms with van der Waals surface area (Å²) < 4.78 is 33.1. The second-order valence-electron chi connectivity index (χ2n) is 11.6. The SMILES string of the molecule is CCCN(CCNC)CCc1cc(NC2=C(OCc3ccc4c(c3)OC(C)(C)O4)N(C)NC(c3cc(Cl)ccc3F)=C2)ccn1. The van der Waals surface area contributed by atoms with Crippen LogP contribution in [0.4, 0.5) is 10.1 Å². The average molecular weight is 637 g/mol. The Bertz CT molecular complexity index is 1560. The number of anilines is 1. The van der Waals surface area contributed by atoms with E-state index in [1.54, 1.807) is 17.3 Å². The van der Waals surface area contributed by atoms with Gasteiger partial charge in [0, 0.05) is 75.1 Å². The molecule has 0 saturated heterocycles. The van der Waals surface area contributed by atoms with Crippen LogP contribution in [0.5, 0.6) is 11.5 Å². The third-order valence-corrected chi connectivity index (χ3v) is 7.66. The Balaban J connectivity index is 1.40. The zero-order valence-corrected chi connectivity index (χ0v) is 27.3. The summed E-state index contributed by atoms with van der Waals surface area (Å²) in [5, 5.41) is 8.90. The Kier molecular flexibility index (Phi) is 10.4. The monoisotopic (exact) mass is 636 g/mol. The van der Waals surface area contributed by atoms with Gasteiger partial charge < -0.3 is 29.7 Å². The summed E-state index contributed by atoms with van der Waals surface area (Å²) in [5.74, 6) is 0.801. The Morgan fingerprint density at radius 1 is 1.07 bits per heavy atom. The smallest absolute Gasteiger partial charge is 0.246 e. The summed E-state index contributed by atoms with van der Waals surface area (Å²) in [6, 6.07) is 14.2. The number of likely N-dealkylation sites (N-methyl/N-ethyl adjacent to an activating group) is 1. The molecule has 5 rings (SSSR count). The van der Waals surface area contributed by atoms with E-state index in [0.29, 0.717) is 39.4 Å². The van der Waals surface area contributed by atoms with Crippen molar-refractivity contribution in [1.82, 2.24) is 25.6 Å². The molecule has 0 saturated carbocycles. The fourth-order valence-electron chi connectivity index (χ4n) is 5.31. The molecular formula is C34H42ClFN6O3. The van der Waals surface area contributed by atoms with Crippen LogP contribution in [0.2, 0.25) is 5.02 Å². The van der Waals surface area contributed by atoms with Crippen molar-refractivity contribution in [1.29, 1.82) is 0 Å². The summed E-state index contributed by atoms with van der Waals surface area (Å²) in [6.45, 7) is 10.1. The van der Waals surface area contributed by atoms with Crippen molar-refractivity contribution in [2.75, 3.05) is 45.6 Å². The Morgan fingerprint density at radius 2 is 1.89 bits per heavy atom. The van der Waals surface area contributed by atoms with Gasteiger partial charge in [0.25, 0.3) is 0 Å². The summed E-state index contributed by atoms with van der Waals surface area (Å²) in [5.41, 5.74) is 7.49.